The van der Waals surface area contributed by atoms with E-state index in [1.165, 1.54) is 22.7 Å². The molecule has 1 aromatic carbocycles. The average Bonchev–Trinajstić information content (AvgIpc) is 2.72. The molecule has 2 aliphatic rings. The molecule has 1 aromatic heterocycles. The summed E-state index contributed by atoms with van der Waals surface area (Å²) in [5.74, 6) is -0.540. The van der Waals surface area contributed by atoms with Gasteiger partial charge in [-0.05, 0) is 37.5 Å². The summed E-state index contributed by atoms with van der Waals surface area (Å²) in [6.45, 7) is 2.84. The number of carbonyl (C=O) groups excluding carboxylic acids is 1. The van der Waals surface area contributed by atoms with Gasteiger partial charge in [-0.2, -0.15) is 4.31 Å². The van der Waals surface area contributed by atoms with Gasteiger partial charge >= 0.3 is 0 Å². The molecule has 3 heterocycles. The third-order valence-electron chi connectivity index (χ3n) is 5.70. The summed E-state index contributed by atoms with van der Waals surface area (Å²) in [4.78, 5) is 21.6. The number of hydrogen-bond acceptors (Lipinski definition) is 5. The summed E-state index contributed by atoms with van der Waals surface area (Å²) < 4.78 is 38.9. The highest BCUT2D eigenvalue weighted by Crippen LogP contribution is 2.33. The number of amides is 1. The third kappa shape index (κ3) is 4.06. The Morgan fingerprint density at radius 2 is 1.72 bits per heavy atom. The van der Waals surface area contributed by atoms with E-state index in [0.29, 0.717) is 29.6 Å². The van der Waals surface area contributed by atoms with E-state index in [-0.39, 0.29) is 24.8 Å². The number of fused-ring (bicyclic) bond motifs is 1. The Morgan fingerprint density at radius 3 is 2.38 bits per heavy atom. The zero-order valence-corrected chi connectivity index (χ0v) is 17.3. The molecule has 2 saturated heterocycles. The summed E-state index contributed by atoms with van der Waals surface area (Å²) in [5, 5.41) is 0.646. The first-order chi connectivity index (χ1) is 13.8. The molecule has 2 aliphatic heterocycles. The summed E-state index contributed by atoms with van der Waals surface area (Å²) >= 11 is 0. The van der Waals surface area contributed by atoms with Gasteiger partial charge in [0.05, 0.1) is 23.0 Å². The maximum Gasteiger partial charge on any atom is 0.257 e. The fourth-order valence-corrected chi connectivity index (χ4v) is 4.99. The number of piperidine rings is 1. The van der Waals surface area contributed by atoms with Crippen molar-refractivity contribution in [3.63, 3.8) is 0 Å². The Kier molecular flexibility index (Phi) is 5.44. The average molecular weight is 421 g/mol. The minimum Gasteiger partial charge on any atom is -0.370 e. The van der Waals surface area contributed by atoms with Crippen molar-refractivity contribution in [3.8, 4) is 0 Å². The van der Waals surface area contributed by atoms with Crippen LogP contribution in [-0.2, 0) is 10.0 Å². The van der Waals surface area contributed by atoms with Crippen LogP contribution in [0.4, 0.5) is 10.1 Å². The van der Waals surface area contributed by atoms with Crippen LogP contribution in [0.25, 0.3) is 10.9 Å². The molecule has 0 spiro atoms. The van der Waals surface area contributed by atoms with Gasteiger partial charge in [0, 0.05) is 50.9 Å². The molecule has 0 N–H and O–H groups in total. The van der Waals surface area contributed by atoms with E-state index < -0.39 is 10.0 Å². The summed E-state index contributed by atoms with van der Waals surface area (Å²) in [5.41, 5.74) is 1.85. The van der Waals surface area contributed by atoms with Crippen LogP contribution in [-0.4, -0.2) is 74.0 Å². The monoisotopic (exact) mass is 420 g/mol. The van der Waals surface area contributed by atoms with Crippen molar-refractivity contribution in [1.29, 1.82) is 0 Å². The first-order valence-electron chi connectivity index (χ1n) is 9.92. The lowest BCUT2D eigenvalue weighted by molar-refractivity contribution is 0.0698. The lowest BCUT2D eigenvalue weighted by Crippen LogP contribution is -2.50. The smallest absolute Gasteiger partial charge is 0.257 e. The number of rotatable bonds is 3. The van der Waals surface area contributed by atoms with E-state index in [1.54, 1.807) is 17.2 Å². The molecule has 7 nitrogen and oxygen atoms in total. The first kappa shape index (κ1) is 20.0. The summed E-state index contributed by atoms with van der Waals surface area (Å²) in [6.07, 6.45) is 5.96. The van der Waals surface area contributed by atoms with E-state index in [9.17, 15) is 17.6 Å². The molecule has 2 aromatic rings. The lowest BCUT2D eigenvalue weighted by atomic mass is 10.0. The number of pyridine rings is 1. The van der Waals surface area contributed by atoms with Crippen LogP contribution in [0.2, 0.25) is 0 Å². The zero-order valence-electron chi connectivity index (χ0n) is 16.5. The maximum absolute atomic E-state index is 14.0. The van der Waals surface area contributed by atoms with Crippen molar-refractivity contribution in [2.75, 3.05) is 50.4 Å². The van der Waals surface area contributed by atoms with Crippen molar-refractivity contribution < 1.29 is 17.6 Å². The second kappa shape index (κ2) is 7.87. The van der Waals surface area contributed by atoms with Gasteiger partial charge in [-0.3, -0.25) is 9.78 Å². The molecule has 0 atom stereocenters. The Hall–Kier alpha value is -2.26. The van der Waals surface area contributed by atoms with E-state index in [0.717, 1.165) is 38.0 Å². The van der Waals surface area contributed by atoms with Crippen molar-refractivity contribution in [1.82, 2.24) is 14.2 Å². The summed E-state index contributed by atoms with van der Waals surface area (Å²) in [6, 6.07) is 4.46. The number of benzene rings is 1. The standard InChI is InChI=1S/C20H25FN4O3S/c1-29(27,28)25-11-9-24(10-12-25)20(26)17-14-22-18-6-5-15(21)13-16(18)19(17)23-7-3-2-4-8-23/h5-6,13-14H,2-4,7-12H2,1H3. The number of carbonyl (C=O) groups is 1. The van der Waals surface area contributed by atoms with E-state index >= 15 is 0 Å². The number of hydrogen-bond donors (Lipinski definition) is 0. The number of sulfonamides is 1. The van der Waals surface area contributed by atoms with Gasteiger partial charge in [0.2, 0.25) is 10.0 Å². The summed E-state index contributed by atoms with van der Waals surface area (Å²) in [7, 11) is -3.27. The van der Waals surface area contributed by atoms with Gasteiger partial charge in [-0.1, -0.05) is 0 Å². The van der Waals surface area contributed by atoms with Crippen molar-refractivity contribution in [3.05, 3.63) is 35.8 Å². The predicted molar refractivity (Wildman–Crippen MR) is 110 cm³/mol. The molecule has 9 heteroatoms. The number of piperazine rings is 1. The van der Waals surface area contributed by atoms with Crippen molar-refractivity contribution >= 4 is 32.5 Å². The molecule has 29 heavy (non-hydrogen) atoms. The molecule has 0 bridgehead atoms. The van der Waals surface area contributed by atoms with E-state index in [1.807, 2.05) is 0 Å². The van der Waals surface area contributed by atoms with Gasteiger partial charge in [-0.25, -0.2) is 12.8 Å². The van der Waals surface area contributed by atoms with E-state index in [2.05, 4.69) is 9.88 Å². The lowest BCUT2D eigenvalue weighted by Gasteiger charge is -2.35. The van der Waals surface area contributed by atoms with Gasteiger partial charge in [0.25, 0.3) is 5.91 Å². The van der Waals surface area contributed by atoms with Crippen LogP contribution in [0.5, 0.6) is 0 Å². The highest BCUT2D eigenvalue weighted by atomic mass is 32.2. The second-order valence-electron chi connectivity index (χ2n) is 7.68. The Balaban J connectivity index is 1.70. The second-order valence-corrected chi connectivity index (χ2v) is 9.67. The molecule has 0 unspecified atom stereocenters. The number of halogens is 1. The van der Waals surface area contributed by atoms with Gasteiger partial charge < -0.3 is 9.80 Å². The SMILES string of the molecule is CS(=O)(=O)N1CCN(C(=O)c2cnc3ccc(F)cc3c2N2CCCCC2)CC1. The van der Waals surface area contributed by atoms with Crippen molar-refractivity contribution in [2.24, 2.45) is 0 Å². The molecule has 156 valence electrons. The molecule has 4 rings (SSSR count). The fourth-order valence-electron chi connectivity index (χ4n) is 4.16. The fraction of sp³-hybridized carbons (Fsp3) is 0.500. The predicted octanol–water partition coefficient (Wildman–Crippen LogP) is 2.08. The van der Waals surface area contributed by atoms with Crippen LogP contribution in [0.15, 0.2) is 24.4 Å². The first-order valence-corrected chi connectivity index (χ1v) is 11.8. The molecular weight excluding hydrogens is 395 g/mol. The largest absolute Gasteiger partial charge is 0.370 e. The molecular formula is C20H25FN4O3S. The zero-order chi connectivity index (χ0) is 20.6. The molecule has 0 saturated carbocycles. The Bertz CT molecular complexity index is 1030. The highest BCUT2D eigenvalue weighted by molar-refractivity contribution is 7.88. The van der Waals surface area contributed by atoms with Crippen LogP contribution in [0.1, 0.15) is 29.6 Å². The van der Waals surface area contributed by atoms with Crippen LogP contribution >= 0.6 is 0 Å². The molecule has 0 aliphatic carbocycles. The number of aromatic nitrogens is 1. The van der Waals surface area contributed by atoms with Crippen LogP contribution < -0.4 is 4.90 Å². The maximum atomic E-state index is 14.0. The topological polar surface area (TPSA) is 73.8 Å². The Morgan fingerprint density at radius 1 is 1.03 bits per heavy atom. The van der Waals surface area contributed by atoms with Gasteiger partial charge in [0.1, 0.15) is 5.82 Å². The number of nitrogens with zero attached hydrogens (tertiary/aromatic N) is 4. The number of anilines is 1. The highest BCUT2D eigenvalue weighted by Gasteiger charge is 2.30. The van der Waals surface area contributed by atoms with Crippen LogP contribution in [0.3, 0.4) is 0 Å². The Labute approximate surface area is 170 Å². The third-order valence-corrected chi connectivity index (χ3v) is 7.00. The molecule has 1 amide bonds. The normalized spacial score (nSPS) is 19.0. The van der Waals surface area contributed by atoms with Crippen molar-refractivity contribution in [2.45, 2.75) is 19.3 Å². The molecule has 0 radical (unpaired) electrons. The minimum absolute atomic E-state index is 0.183. The minimum atomic E-state index is -3.27. The van der Waals surface area contributed by atoms with Gasteiger partial charge in [0.15, 0.2) is 0 Å². The van der Waals surface area contributed by atoms with Gasteiger partial charge in [-0.15, -0.1) is 0 Å². The molecule has 2 fully saturated rings. The quantitative estimate of drug-likeness (QED) is 0.760. The van der Waals surface area contributed by atoms with E-state index in [4.69, 9.17) is 0 Å². The van der Waals surface area contributed by atoms with Crippen LogP contribution in [0, 0.1) is 5.82 Å².